The van der Waals surface area contributed by atoms with Gasteiger partial charge >= 0.3 is 0 Å². The summed E-state index contributed by atoms with van der Waals surface area (Å²) in [5, 5.41) is 0. The molecule has 3 nitrogen and oxygen atoms in total. The molecule has 0 spiro atoms. The van der Waals surface area contributed by atoms with Crippen LogP contribution in [0, 0.1) is 5.92 Å². The maximum Gasteiger partial charge on any atom is 0.225 e. The van der Waals surface area contributed by atoms with Crippen LogP contribution in [0.4, 0.5) is 0 Å². The zero-order valence-corrected chi connectivity index (χ0v) is 9.33. The first-order valence-electron chi connectivity index (χ1n) is 5.63. The quantitative estimate of drug-likeness (QED) is 0.744. The molecule has 1 rings (SSSR count). The Morgan fingerprint density at radius 1 is 1.43 bits per heavy atom. The van der Waals surface area contributed by atoms with E-state index >= 15 is 0 Å². The lowest BCUT2D eigenvalue weighted by Crippen LogP contribution is -2.43. The second-order valence-corrected chi connectivity index (χ2v) is 4.37. The monoisotopic (exact) mass is 198 g/mol. The molecule has 3 heteroatoms. The van der Waals surface area contributed by atoms with Crippen molar-refractivity contribution >= 4 is 5.91 Å². The summed E-state index contributed by atoms with van der Waals surface area (Å²) in [5.74, 6) is 0.561. The van der Waals surface area contributed by atoms with E-state index < -0.39 is 0 Å². The predicted octanol–water partition coefficient (Wildman–Crippen LogP) is 1.37. The van der Waals surface area contributed by atoms with Crippen molar-refractivity contribution < 1.29 is 4.79 Å². The van der Waals surface area contributed by atoms with E-state index in [1.165, 1.54) is 19.3 Å². The molecule has 0 saturated heterocycles. The Morgan fingerprint density at radius 2 is 2.00 bits per heavy atom. The highest BCUT2D eigenvalue weighted by molar-refractivity contribution is 5.78. The SMILES string of the molecule is CC(CN)N(C)C(=O)C1CCCCC1. The van der Waals surface area contributed by atoms with Crippen molar-refractivity contribution in [3.05, 3.63) is 0 Å². The lowest BCUT2D eigenvalue weighted by Gasteiger charge is -2.30. The van der Waals surface area contributed by atoms with Crippen molar-refractivity contribution in [3.8, 4) is 0 Å². The molecule has 0 aromatic carbocycles. The molecule has 1 aliphatic carbocycles. The molecule has 1 unspecified atom stereocenters. The number of nitrogens with two attached hydrogens (primary N) is 1. The van der Waals surface area contributed by atoms with Gasteiger partial charge in [0.2, 0.25) is 5.91 Å². The molecule has 0 aromatic rings. The minimum absolute atomic E-state index is 0.171. The van der Waals surface area contributed by atoms with Crippen molar-refractivity contribution in [2.24, 2.45) is 11.7 Å². The summed E-state index contributed by atoms with van der Waals surface area (Å²) >= 11 is 0. The van der Waals surface area contributed by atoms with Crippen LogP contribution in [0.25, 0.3) is 0 Å². The second kappa shape index (κ2) is 5.35. The number of hydrogen-bond donors (Lipinski definition) is 1. The van der Waals surface area contributed by atoms with Gasteiger partial charge in [-0.3, -0.25) is 4.79 Å². The second-order valence-electron chi connectivity index (χ2n) is 4.37. The van der Waals surface area contributed by atoms with E-state index in [1.807, 2.05) is 18.9 Å². The average molecular weight is 198 g/mol. The van der Waals surface area contributed by atoms with Crippen LogP contribution in [0.3, 0.4) is 0 Å². The number of amides is 1. The van der Waals surface area contributed by atoms with Crippen LogP contribution in [-0.2, 0) is 4.79 Å². The standard InChI is InChI=1S/C11H22N2O/c1-9(8-12)13(2)11(14)10-6-4-3-5-7-10/h9-10H,3-8,12H2,1-2H3. The first kappa shape index (κ1) is 11.5. The van der Waals surface area contributed by atoms with Gasteiger partial charge in [0.1, 0.15) is 0 Å². The van der Waals surface area contributed by atoms with Crippen LogP contribution >= 0.6 is 0 Å². The fourth-order valence-corrected chi connectivity index (χ4v) is 2.01. The number of carbonyl (C=O) groups is 1. The Kier molecular flexibility index (Phi) is 4.39. The molecule has 1 fully saturated rings. The van der Waals surface area contributed by atoms with Gasteiger partial charge in [0.05, 0.1) is 0 Å². The fraction of sp³-hybridized carbons (Fsp3) is 0.909. The summed E-state index contributed by atoms with van der Waals surface area (Å²) in [6.45, 7) is 2.55. The smallest absolute Gasteiger partial charge is 0.225 e. The highest BCUT2D eigenvalue weighted by Crippen LogP contribution is 2.25. The summed E-state index contributed by atoms with van der Waals surface area (Å²) in [5.41, 5.74) is 5.55. The fourth-order valence-electron chi connectivity index (χ4n) is 2.01. The Labute approximate surface area is 86.6 Å². The molecule has 1 saturated carbocycles. The maximum absolute atomic E-state index is 12.0. The van der Waals surface area contributed by atoms with Crippen LogP contribution in [0.1, 0.15) is 39.0 Å². The highest BCUT2D eigenvalue weighted by atomic mass is 16.2. The van der Waals surface area contributed by atoms with Crippen molar-refractivity contribution in [2.75, 3.05) is 13.6 Å². The molecule has 1 atom stereocenters. The van der Waals surface area contributed by atoms with Crippen LogP contribution in [-0.4, -0.2) is 30.4 Å². The van der Waals surface area contributed by atoms with E-state index in [4.69, 9.17) is 5.73 Å². The largest absolute Gasteiger partial charge is 0.342 e. The normalized spacial score (nSPS) is 20.5. The number of nitrogens with zero attached hydrogens (tertiary/aromatic N) is 1. The third-order valence-corrected chi connectivity index (χ3v) is 3.30. The Morgan fingerprint density at radius 3 is 2.50 bits per heavy atom. The van der Waals surface area contributed by atoms with Gasteiger partial charge in [0.15, 0.2) is 0 Å². The molecular weight excluding hydrogens is 176 g/mol. The molecule has 14 heavy (non-hydrogen) atoms. The van der Waals surface area contributed by atoms with Gasteiger partial charge in [0.25, 0.3) is 0 Å². The first-order valence-corrected chi connectivity index (χ1v) is 5.63. The minimum atomic E-state index is 0.171. The molecule has 0 bridgehead atoms. The first-order chi connectivity index (χ1) is 6.66. The van der Waals surface area contributed by atoms with E-state index in [9.17, 15) is 4.79 Å². The van der Waals surface area contributed by atoms with Crippen LogP contribution < -0.4 is 5.73 Å². The number of hydrogen-bond acceptors (Lipinski definition) is 2. The van der Waals surface area contributed by atoms with Gasteiger partial charge in [-0.05, 0) is 19.8 Å². The van der Waals surface area contributed by atoms with E-state index in [-0.39, 0.29) is 12.0 Å². The van der Waals surface area contributed by atoms with Gasteiger partial charge in [-0.15, -0.1) is 0 Å². The van der Waals surface area contributed by atoms with E-state index in [1.54, 1.807) is 0 Å². The summed E-state index contributed by atoms with van der Waals surface area (Å²) in [7, 11) is 1.87. The van der Waals surface area contributed by atoms with Gasteiger partial charge < -0.3 is 10.6 Å². The van der Waals surface area contributed by atoms with Gasteiger partial charge in [-0.25, -0.2) is 0 Å². The summed E-state index contributed by atoms with van der Waals surface area (Å²) in [4.78, 5) is 13.8. The van der Waals surface area contributed by atoms with Gasteiger partial charge in [0, 0.05) is 25.6 Å². The molecule has 0 aliphatic heterocycles. The third-order valence-electron chi connectivity index (χ3n) is 3.30. The lowest BCUT2D eigenvalue weighted by molar-refractivity contribution is -0.136. The molecule has 2 N–H and O–H groups in total. The van der Waals surface area contributed by atoms with Crippen molar-refractivity contribution in [1.29, 1.82) is 0 Å². The molecule has 82 valence electrons. The Hall–Kier alpha value is -0.570. The van der Waals surface area contributed by atoms with Crippen LogP contribution in [0.15, 0.2) is 0 Å². The zero-order chi connectivity index (χ0) is 10.6. The average Bonchev–Trinajstić information content (AvgIpc) is 2.27. The highest BCUT2D eigenvalue weighted by Gasteiger charge is 2.25. The van der Waals surface area contributed by atoms with E-state index in [2.05, 4.69) is 0 Å². The van der Waals surface area contributed by atoms with E-state index in [0.29, 0.717) is 12.5 Å². The topological polar surface area (TPSA) is 46.3 Å². The predicted molar refractivity (Wildman–Crippen MR) is 57.9 cm³/mol. The molecule has 0 aromatic heterocycles. The molecule has 1 aliphatic rings. The van der Waals surface area contributed by atoms with Crippen LogP contribution in [0.2, 0.25) is 0 Å². The van der Waals surface area contributed by atoms with Crippen LogP contribution in [0.5, 0.6) is 0 Å². The van der Waals surface area contributed by atoms with Crippen molar-refractivity contribution in [1.82, 2.24) is 4.90 Å². The Bertz CT molecular complexity index is 184. The Balaban J connectivity index is 2.46. The molecule has 0 heterocycles. The lowest BCUT2D eigenvalue weighted by atomic mass is 9.88. The third kappa shape index (κ3) is 2.71. The molecule has 0 radical (unpaired) electrons. The summed E-state index contributed by atoms with van der Waals surface area (Å²) in [6.07, 6.45) is 5.85. The van der Waals surface area contributed by atoms with Crippen molar-refractivity contribution in [3.63, 3.8) is 0 Å². The molecular formula is C11H22N2O. The number of rotatable bonds is 3. The van der Waals surface area contributed by atoms with Gasteiger partial charge in [-0.1, -0.05) is 19.3 Å². The summed E-state index contributed by atoms with van der Waals surface area (Å²) in [6, 6.07) is 0.171. The maximum atomic E-state index is 12.0. The summed E-state index contributed by atoms with van der Waals surface area (Å²) < 4.78 is 0. The van der Waals surface area contributed by atoms with E-state index in [0.717, 1.165) is 12.8 Å². The zero-order valence-electron chi connectivity index (χ0n) is 9.33. The minimum Gasteiger partial charge on any atom is -0.342 e. The number of carbonyl (C=O) groups excluding carboxylic acids is 1. The molecule has 1 amide bonds. The van der Waals surface area contributed by atoms with Crippen molar-refractivity contribution in [2.45, 2.75) is 45.1 Å². The van der Waals surface area contributed by atoms with Gasteiger partial charge in [-0.2, -0.15) is 0 Å². The number of likely N-dealkylation sites (N-methyl/N-ethyl adjacent to an activating group) is 1.